The first-order valence-electron chi connectivity index (χ1n) is 8.67. The molecule has 1 aromatic carbocycles. The summed E-state index contributed by atoms with van der Waals surface area (Å²) in [6, 6.07) is 6.13. The van der Waals surface area contributed by atoms with Crippen LogP contribution in [0.4, 0.5) is 5.69 Å². The predicted molar refractivity (Wildman–Crippen MR) is 93.3 cm³/mol. The number of rotatable bonds is 7. The van der Waals surface area contributed by atoms with Gasteiger partial charge in [0.05, 0.1) is 11.8 Å². The second-order valence-electron chi connectivity index (χ2n) is 6.74. The van der Waals surface area contributed by atoms with Crippen LogP contribution in [0.5, 0.6) is 0 Å². The fraction of sp³-hybridized carbons (Fsp3) is 0.579. The Labute approximate surface area is 139 Å². The van der Waals surface area contributed by atoms with E-state index in [2.05, 4.69) is 50.5 Å². The summed E-state index contributed by atoms with van der Waals surface area (Å²) in [7, 11) is 0. The van der Waals surface area contributed by atoms with E-state index in [0.717, 1.165) is 29.7 Å². The second kappa shape index (κ2) is 7.62. The summed E-state index contributed by atoms with van der Waals surface area (Å²) in [5.41, 5.74) is 3.24. The third-order valence-corrected chi connectivity index (χ3v) is 4.40. The molecule has 2 atom stereocenters. The Morgan fingerprint density at radius 1 is 1.09 bits per heavy atom. The summed E-state index contributed by atoms with van der Waals surface area (Å²) in [4.78, 5) is 24.5. The summed E-state index contributed by atoms with van der Waals surface area (Å²) in [6.45, 7) is 8.96. The standard InChI is InChI=1S/C19H28N2O2/c1-5-13-8-7-9-14(6-2)17(13)21-19(23)16-10-15(16)18(22)20-11-12(3)4/h7-9,12,15-16H,5-6,10-11H2,1-4H3,(H,20,22)(H,21,23). The van der Waals surface area contributed by atoms with E-state index in [1.807, 2.05) is 6.07 Å². The minimum atomic E-state index is -0.184. The van der Waals surface area contributed by atoms with Gasteiger partial charge in [0.1, 0.15) is 0 Å². The third-order valence-electron chi connectivity index (χ3n) is 4.40. The number of benzene rings is 1. The van der Waals surface area contributed by atoms with E-state index < -0.39 is 0 Å². The zero-order valence-corrected chi connectivity index (χ0v) is 14.6. The minimum absolute atomic E-state index is 0.0124. The topological polar surface area (TPSA) is 58.2 Å². The molecule has 2 amide bonds. The van der Waals surface area contributed by atoms with Gasteiger partial charge in [0.2, 0.25) is 11.8 Å². The van der Waals surface area contributed by atoms with Gasteiger partial charge in [-0.3, -0.25) is 9.59 Å². The average molecular weight is 316 g/mol. The molecule has 1 saturated carbocycles. The smallest absolute Gasteiger partial charge is 0.228 e. The van der Waals surface area contributed by atoms with Crippen LogP contribution in [0, 0.1) is 17.8 Å². The Kier molecular flexibility index (Phi) is 5.80. The maximum atomic E-state index is 12.5. The SMILES string of the molecule is CCc1cccc(CC)c1NC(=O)C1CC1C(=O)NCC(C)C. The highest BCUT2D eigenvalue weighted by atomic mass is 16.2. The number of hydrogen-bond acceptors (Lipinski definition) is 2. The van der Waals surface area contributed by atoms with Crippen LogP contribution in [0.1, 0.15) is 45.2 Å². The summed E-state index contributed by atoms with van der Waals surface area (Å²) in [5.74, 6) is 0.0709. The highest BCUT2D eigenvalue weighted by Crippen LogP contribution is 2.40. The van der Waals surface area contributed by atoms with Gasteiger partial charge >= 0.3 is 0 Å². The molecule has 0 spiro atoms. The van der Waals surface area contributed by atoms with E-state index in [0.29, 0.717) is 18.9 Å². The molecular formula is C19H28N2O2. The Balaban J connectivity index is 1.98. The van der Waals surface area contributed by atoms with E-state index >= 15 is 0 Å². The maximum absolute atomic E-state index is 12.5. The lowest BCUT2D eigenvalue weighted by molar-refractivity contribution is -0.125. The van der Waals surface area contributed by atoms with E-state index in [9.17, 15) is 9.59 Å². The summed E-state index contributed by atoms with van der Waals surface area (Å²) < 4.78 is 0. The Hall–Kier alpha value is -1.84. The number of anilines is 1. The molecular weight excluding hydrogens is 288 g/mol. The minimum Gasteiger partial charge on any atom is -0.356 e. The van der Waals surface area contributed by atoms with Crippen molar-refractivity contribution in [2.75, 3.05) is 11.9 Å². The molecule has 0 heterocycles. The van der Waals surface area contributed by atoms with Crippen LogP contribution in [-0.2, 0) is 22.4 Å². The lowest BCUT2D eigenvalue weighted by Gasteiger charge is -2.14. The van der Waals surface area contributed by atoms with E-state index in [4.69, 9.17) is 0 Å². The van der Waals surface area contributed by atoms with Gasteiger partial charge in [-0.2, -0.15) is 0 Å². The predicted octanol–water partition coefficient (Wildman–Crippen LogP) is 3.16. The fourth-order valence-electron chi connectivity index (χ4n) is 2.83. The zero-order valence-electron chi connectivity index (χ0n) is 14.6. The third kappa shape index (κ3) is 4.34. The molecule has 23 heavy (non-hydrogen) atoms. The largest absolute Gasteiger partial charge is 0.356 e. The molecule has 1 aliphatic rings. The molecule has 126 valence electrons. The first-order valence-corrected chi connectivity index (χ1v) is 8.67. The van der Waals surface area contributed by atoms with Crippen molar-refractivity contribution < 1.29 is 9.59 Å². The van der Waals surface area contributed by atoms with Gasteiger partial charge in [0, 0.05) is 12.2 Å². The van der Waals surface area contributed by atoms with E-state index in [-0.39, 0.29) is 23.7 Å². The van der Waals surface area contributed by atoms with Gasteiger partial charge in [-0.05, 0) is 36.3 Å². The molecule has 2 unspecified atom stereocenters. The van der Waals surface area contributed by atoms with Crippen molar-refractivity contribution in [1.29, 1.82) is 0 Å². The fourth-order valence-corrected chi connectivity index (χ4v) is 2.83. The molecule has 0 aromatic heterocycles. The average Bonchev–Trinajstić information content (AvgIpc) is 3.33. The molecule has 2 N–H and O–H groups in total. The first-order chi connectivity index (χ1) is 11.0. The number of para-hydroxylation sites is 1. The Bertz CT molecular complexity index is 558. The van der Waals surface area contributed by atoms with Crippen LogP contribution in [-0.4, -0.2) is 18.4 Å². The monoisotopic (exact) mass is 316 g/mol. The molecule has 0 saturated heterocycles. The van der Waals surface area contributed by atoms with E-state index in [1.165, 1.54) is 0 Å². The number of aryl methyl sites for hydroxylation is 2. The van der Waals surface area contributed by atoms with Crippen LogP contribution in [0.25, 0.3) is 0 Å². The van der Waals surface area contributed by atoms with Crippen molar-refractivity contribution in [2.24, 2.45) is 17.8 Å². The molecule has 1 fully saturated rings. The van der Waals surface area contributed by atoms with Crippen molar-refractivity contribution in [3.05, 3.63) is 29.3 Å². The summed E-state index contributed by atoms with van der Waals surface area (Å²) >= 11 is 0. The molecule has 4 heteroatoms. The summed E-state index contributed by atoms with van der Waals surface area (Å²) in [6.07, 6.45) is 2.42. The summed E-state index contributed by atoms with van der Waals surface area (Å²) in [5, 5.41) is 5.99. The van der Waals surface area contributed by atoms with Gasteiger partial charge in [0.15, 0.2) is 0 Å². The number of amides is 2. The van der Waals surface area contributed by atoms with Gasteiger partial charge in [0.25, 0.3) is 0 Å². The molecule has 1 aromatic rings. The molecule has 1 aliphatic carbocycles. The molecule has 0 bridgehead atoms. The van der Waals surface area contributed by atoms with Gasteiger partial charge in [-0.15, -0.1) is 0 Å². The number of carbonyl (C=O) groups is 2. The number of nitrogens with one attached hydrogen (secondary N) is 2. The van der Waals surface area contributed by atoms with Gasteiger partial charge < -0.3 is 10.6 Å². The number of carbonyl (C=O) groups excluding carboxylic acids is 2. The maximum Gasteiger partial charge on any atom is 0.228 e. The van der Waals surface area contributed by atoms with Crippen molar-refractivity contribution in [2.45, 2.75) is 47.0 Å². The van der Waals surface area contributed by atoms with Crippen molar-refractivity contribution in [3.63, 3.8) is 0 Å². The highest BCUT2D eigenvalue weighted by Gasteiger charge is 2.48. The van der Waals surface area contributed by atoms with Gasteiger partial charge in [-0.1, -0.05) is 45.9 Å². The second-order valence-corrected chi connectivity index (χ2v) is 6.74. The van der Waals surface area contributed by atoms with Crippen LogP contribution in [0.15, 0.2) is 18.2 Å². The van der Waals surface area contributed by atoms with Crippen LogP contribution < -0.4 is 10.6 Å². The molecule has 0 radical (unpaired) electrons. The number of hydrogen-bond donors (Lipinski definition) is 2. The zero-order chi connectivity index (χ0) is 17.0. The van der Waals surface area contributed by atoms with Crippen LogP contribution in [0.3, 0.4) is 0 Å². The molecule has 0 aliphatic heterocycles. The lowest BCUT2D eigenvalue weighted by Crippen LogP contribution is -2.30. The van der Waals surface area contributed by atoms with Crippen molar-refractivity contribution in [1.82, 2.24) is 5.32 Å². The van der Waals surface area contributed by atoms with Crippen molar-refractivity contribution >= 4 is 17.5 Å². The molecule has 2 rings (SSSR count). The van der Waals surface area contributed by atoms with Crippen LogP contribution >= 0.6 is 0 Å². The Morgan fingerprint density at radius 3 is 2.17 bits per heavy atom. The lowest BCUT2D eigenvalue weighted by atomic mass is 10.0. The highest BCUT2D eigenvalue weighted by molar-refractivity contribution is 6.00. The normalized spacial score (nSPS) is 19.5. The Morgan fingerprint density at radius 2 is 1.65 bits per heavy atom. The van der Waals surface area contributed by atoms with Crippen LogP contribution in [0.2, 0.25) is 0 Å². The first kappa shape index (κ1) is 17.5. The van der Waals surface area contributed by atoms with Gasteiger partial charge in [-0.25, -0.2) is 0 Å². The molecule has 4 nitrogen and oxygen atoms in total. The quantitative estimate of drug-likeness (QED) is 0.812. The van der Waals surface area contributed by atoms with E-state index in [1.54, 1.807) is 0 Å². The van der Waals surface area contributed by atoms with Crippen molar-refractivity contribution in [3.8, 4) is 0 Å².